The van der Waals surface area contributed by atoms with Gasteiger partial charge in [0.05, 0.1) is 21.3 Å². The van der Waals surface area contributed by atoms with Crippen molar-refractivity contribution in [3.05, 3.63) is 28.0 Å². The van der Waals surface area contributed by atoms with Gasteiger partial charge in [0.15, 0.2) is 5.82 Å². The van der Waals surface area contributed by atoms with Gasteiger partial charge in [-0.05, 0) is 19.1 Å². The van der Waals surface area contributed by atoms with Gasteiger partial charge in [-0.1, -0.05) is 28.4 Å². The van der Waals surface area contributed by atoms with Crippen LogP contribution in [0.3, 0.4) is 0 Å². The highest BCUT2D eigenvalue weighted by Crippen LogP contribution is 2.35. The van der Waals surface area contributed by atoms with Crippen molar-refractivity contribution in [3.63, 3.8) is 0 Å². The molecule has 2 rings (SSSR count). The number of aromatic nitrogens is 2. The monoisotopic (exact) mass is 243 g/mol. The highest BCUT2D eigenvalue weighted by molar-refractivity contribution is 6.44. The summed E-state index contributed by atoms with van der Waals surface area (Å²) in [5.41, 5.74) is 6.71. The van der Waals surface area contributed by atoms with E-state index in [1.54, 1.807) is 19.1 Å². The van der Waals surface area contributed by atoms with Crippen molar-refractivity contribution in [2.75, 3.05) is 5.73 Å². The van der Waals surface area contributed by atoms with E-state index in [9.17, 15) is 0 Å². The Labute approximate surface area is 96.0 Å². The van der Waals surface area contributed by atoms with Gasteiger partial charge in [0, 0.05) is 0 Å². The molecule has 0 amide bonds. The molecule has 0 fully saturated rings. The Balaban J connectivity index is 2.59. The van der Waals surface area contributed by atoms with Crippen LogP contribution in [0, 0.1) is 6.92 Å². The van der Waals surface area contributed by atoms with E-state index in [1.807, 2.05) is 0 Å². The van der Waals surface area contributed by atoms with Crippen LogP contribution in [0.4, 0.5) is 5.69 Å². The molecule has 0 unspecified atom stereocenters. The van der Waals surface area contributed by atoms with Gasteiger partial charge in [0.25, 0.3) is 5.89 Å². The van der Waals surface area contributed by atoms with Crippen LogP contribution in [0.2, 0.25) is 10.0 Å². The van der Waals surface area contributed by atoms with Gasteiger partial charge in [0.2, 0.25) is 0 Å². The van der Waals surface area contributed by atoms with Crippen molar-refractivity contribution < 1.29 is 4.52 Å². The number of hydrogen-bond acceptors (Lipinski definition) is 4. The van der Waals surface area contributed by atoms with Gasteiger partial charge in [-0.2, -0.15) is 4.98 Å². The van der Waals surface area contributed by atoms with Gasteiger partial charge >= 0.3 is 0 Å². The normalized spacial score (nSPS) is 10.6. The van der Waals surface area contributed by atoms with Gasteiger partial charge in [-0.25, -0.2) is 0 Å². The maximum Gasteiger partial charge on any atom is 0.260 e. The third-order valence-corrected chi connectivity index (χ3v) is 2.71. The Kier molecular flexibility index (Phi) is 2.54. The van der Waals surface area contributed by atoms with Crippen LogP contribution in [-0.4, -0.2) is 10.1 Å². The predicted octanol–water partition coefficient (Wildman–Crippen LogP) is 2.93. The van der Waals surface area contributed by atoms with Crippen molar-refractivity contribution in [1.82, 2.24) is 10.1 Å². The lowest BCUT2D eigenvalue weighted by Gasteiger charge is -2.04. The number of benzene rings is 1. The number of nitrogen functional groups attached to an aromatic ring is 1. The Hall–Kier alpha value is -1.26. The first-order valence-electron chi connectivity index (χ1n) is 4.13. The molecule has 0 aliphatic carbocycles. The molecule has 0 spiro atoms. The van der Waals surface area contributed by atoms with Crippen LogP contribution >= 0.6 is 23.2 Å². The average Bonchev–Trinajstić information content (AvgIpc) is 2.61. The second-order valence-corrected chi connectivity index (χ2v) is 3.75. The molecule has 4 nitrogen and oxygen atoms in total. The molecule has 1 heterocycles. The first-order chi connectivity index (χ1) is 7.09. The molecular formula is C9H7Cl2N3O. The molecule has 2 aromatic rings. The van der Waals surface area contributed by atoms with Gasteiger partial charge in [-0.3, -0.25) is 0 Å². The fraction of sp³-hybridized carbons (Fsp3) is 0.111. The maximum atomic E-state index is 5.89. The molecule has 1 aromatic heterocycles. The number of halogens is 2. The summed E-state index contributed by atoms with van der Waals surface area (Å²) in [5.74, 6) is 0.874. The van der Waals surface area contributed by atoms with E-state index in [0.29, 0.717) is 33.0 Å². The standard InChI is InChI=1S/C9H7Cl2N3O/c1-4-13-9(15-14-4)5-2-3-6(10)7(11)8(5)12/h2-3H,12H2,1H3. The highest BCUT2D eigenvalue weighted by Gasteiger charge is 2.14. The molecule has 0 atom stereocenters. The van der Waals surface area contributed by atoms with Gasteiger partial charge in [0.1, 0.15) is 0 Å². The molecule has 15 heavy (non-hydrogen) atoms. The zero-order chi connectivity index (χ0) is 11.0. The fourth-order valence-corrected chi connectivity index (χ4v) is 1.49. The summed E-state index contributed by atoms with van der Waals surface area (Å²) in [6, 6.07) is 3.33. The van der Waals surface area contributed by atoms with Crippen LogP contribution < -0.4 is 5.73 Å². The number of nitrogens with two attached hydrogens (primary N) is 1. The summed E-state index contributed by atoms with van der Waals surface area (Å²) in [7, 11) is 0. The van der Waals surface area contributed by atoms with E-state index in [4.69, 9.17) is 33.5 Å². The van der Waals surface area contributed by atoms with E-state index in [-0.39, 0.29) is 0 Å². The van der Waals surface area contributed by atoms with E-state index in [1.165, 1.54) is 0 Å². The van der Waals surface area contributed by atoms with Crippen molar-refractivity contribution in [3.8, 4) is 11.5 Å². The van der Waals surface area contributed by atoms with Crippen molar-refractivity contribution in [1.29, 1.82) is 0 Å². The Morgan fingerprint density at radius 3 is 2.67 bits per heavy atom. The first kappa shape index (κ1) is 10.3. The number of anilines is 1. The lowest BCUT2D eigenvalue weighted by atomic mass is 10.2. The zero-order valence-corrected chi connectivity index (χ0v) is 9.30. The second kappa shape index (κ2) is 3.72. The Morgan fingerprint density at radius 2 is 2.07 bits per heavy atom. The van der Waals surface area contributed by atoms with E-state index < -0.39 is 0 Å². The lowest BCUT2D eigenvalue weighted by molar-refractivity contribution is 0.426. The molecule has 0 aliphatic heterocycles. The molecule has 0 saturated carbocycles. The average molecular weight is 244 g/mol. The number of hydrogen-bond donors (Lipinski definition) is 1. The van der Waals surface area contributed by atoms with E-state index >= 15 is 0 Å². The molecular weight excluding hydrogens is 237 g/mol. The van der Waals surface area contributed by atoms with Crippen molar-refractivity contribution in [2.24, 2.45) is 0 Å². The van der Waals surface area contributed by atoms with Crippen LogP contribution in [0.1, 0.15) is 5.82 Å². The highest BCUT2D eigenvalue weighted by atomic mass is 35.5. The zero-order valence-electron chi connectivity index (χ0n) is 7.79. The second-order valence-electron chi connectivity index (χ2n) is 2.97. The predicted molar refractivity (Wildman–Crippen MR) is 58.9 cm³/mol. The summed E-state index contributed by atoms with van der Waals surface area (Å²) in [5, 5.41) is 4.36. The fourth-order valence-electron chi connectivity index (χ4n) is 1.16. The van der Waals surface area contributed by atoms with Gasteiger partial charge < -0.3 is 10.3 Å². The number of nitrogens with zero attached hydrogens (tertiary/aromatic N) is 2. The quantitative estimate of drug-likeness (QED) is 0.783. The van der Waals surface area contributed by atoms with Crippen LogP contribution in [0.15, 0.2) is 16.7 Å². The minimum absolute atomic E-state index is 0.296. The molecule has 0 radical (unpaired) electrons. The summed E-state index contributed by atoms with van der Waals surface area (Å²) in [6.45, 7) is 1.72. The molecule has 6 heteroatoms. The van der Waals surface area contributed by atoms with Crippen LogP contribution in [0.25, 0.3) is 11.5 Å². The lowest BCUT2D eigenvalue weighted by Crippen LogP contribution is -1.92. The molecule has 0 bridgehead atoms. The largest absolute Gasteiger partial charge is 0.397 e. The third kappa shape index (κ3) is 1.78. The summed E-state index contributed by atoms with van der Waals surface area (Å²) in [4.78, 5) is 4.05. The first-order valence-corrected chi connectivity index (χ1v) is 4.89. The summed E-state index contributed by atoms with van der Waals surface area (Å²) >= 11 is 11.7. The van der Waals surface area contributed by atoms with Crippen LogP contribution in [-0.2, 0) is 0 Å². The summed E-state index contributed by atoms with van der Waals surface area (Å²) < 4.78 is 4.98. The Morgan fingerprint density at radius 1 is 1.33 bits per heavy atom. The maximum absolute atomic E-state index is 5.89. The van der Waals surface area contributed by atoms with Crippen molar-refractivity contribution >= 4 is 28.9 Å². The minimum atomic E-state index is 0.296. The minimum Gasteiger partial charge on any atom is -0.397 e. The number of rotatable bonds is 1. The van der Waals surface area contributed by atoms with E-state index in [0.717, 1.165) is 0 Å². The van der Waals surface area contributed by atoms with Crippen molar-refractivity contribution in [2.45, 2.75) is 6.92 Å². The topological polar surface area (TPSA) is 64.9 Å². The smallest absolute Gasteiger partial charge is 0.260 e. The molecule has 78 valence electrons. The van der Waals surface area contributed by atoms with Gasteiger partial charge in [-0.15, -0.1) is 0 Å². The molecule has 0 aliphatic rings. The molecule has 0 saturated heterocycles. The number of aryl methyl sites for hydroxylation is 1. The Bertz CT molecular complexity index is 510. The van der Waals surface area contributed by atoms with E-state index in [2.05, 4.69) is 10.1 Å². The van der Waals surface area contributed by atoms with Crippen LogP contribution in [0.5, 0.6) is 0 Å². The molecule has 2 N–H and O–H groups in total. The SMILES string of the molecule is Cc1noc(-c2ccc(Cl)c(Cl)c2N)n1. The molecule has 1 aromatic carbocycles. The third-order valence-electron chi connectivity index (χ3n) is 1.89. The summed E-state index contributed by atoms with van der Waals surface area (Å²) in [6.07, 6.45) is 0.